The third kappa shape index (κ3) is 10.1. The van der Waals surface area contributed by atoms with Gasteiger partial charge < -0.3 is 20.5 Å². The summed E-state index contributed by atoms with van der Waals surface area (Å²) in [4.78, 5) is 27.2. The number of rotatable bonds is 16. The van der Waals surface area contributed by atoms with Crippen LogP contribution in [0.25, 0.3) is 10.2 Å². The Morgan fingerprint density at radius 2 is 1.90 bits per heavy atom. The second-order valence-electron chi connectivity index (χ2n) is 9.29. The fraction of sp³-hybridized carbons (Fsp3) is 0.444. The first-order valence-corrected chi connectivity index (χ1v) is 16.4. The van der Waals surface area contributed by atoms with Crippen molar-refractivity contribution in [3.63, 3.8) is 0 Å². The predicted octanol–water partition coefficient (Wildman–Crippen LogP) is 4.10. The molecule has 0 aliphatic rings. The monoisotopic (exact) mass is 644 g/mol. The Labute approximate surface area is 254 Å². The Balaban J connectivity index is 1.76. The van der Waals surface area contributed by atoms with E-state index in [9.17, 15) is 23.1 Å². The number of fused-ring (bicyclic) bond motifs is 1. The van der Waals surface area contributed by atoms with Crippen molar-refractivity contribution >= 4 is 66.8 Å². The number of sulfonamides is 1. The van der Waals surface area contributed by atoms with Crippen molar-refractivity contribution in [2.45, 2.75) is 54.5 Å². The molecule has 3 rings (SSSR count). The van der Waals surface area contributed by atoms with Crippen LogP contribution >= 0.6 is 34.5 Å². The second-order valence-corrected chi connectivity index (χ2v) is 13.2. The van der Waals surface area contributed by atoms with E-state index in [-0.39, 0.29) is 37.6 Å². The first-order valence-electron chi connectivity index (χ1n) is 13.2. The number of hydrogen-bond acceptors (Lipinski definition) is 8. The van der Waals surface area contributed by atoms with Crippen LogP contribution in [0.3, 0.4) is 0 Å². The number of nitrogens with one attached hydrogen (secondary N) is 2. The van der Waals surface area contributed by atoms with E-state index in [2.05, 4.69) is 15.6 Å². The lowest BCUT2D eigenvalue weighted by Crippen LogP contribution is -2.51. The topological polar surface area (TPSA) is 138 Å². The van der Waals surface area contributed by atoms with Crippen LogP contribution in [-0.2, 0) is 26.0 Å². The first kappa shape index (κ1) is 33.0. The fourth-order valence-corrected chi connectivity index (χ4v) is 6.54. The molecule has 0 saturated heterocycles. The van der Waals surface area contributed by atoms with Crippen molar-refractivity contribution in [1.29, 1.82) is 0 Å². The molecule has 0 aliphatic heterocycles. The number of carbonyl (C=O) groups is 2. The zero-order chi connectivity index (χ0) is 29.8. The number of alkyl carbamates (subject to hydrolysis) is 1. The molecule has 1 heterocycles. The molecule has 0 unspecified atom stereocenters. The quantitative estimate of drug-likeness (QED) is 0.158. The second kappa shape index (κ2) is 16.2. The minimum atomic E-state index is -3.97. The van der Waals surface area contributed by atoms with Crippen LogP contribution in [0.5, 0.6) is 0 Å². The number of carbonyl (C=O) groups excluding carboxylic acids is 2. The van der Waals surface area contributed by atoms with Crippen molar-refractivity contribution in [3.8, 4) is 0 Å². The van der Waals surface area contributed by atoms with Crippen molar-refractivity contribution in [1.82, 2.24) is 19.9 Å². The summed E-state index contributed by atoms with van der Waals surface area (Å²) in [6.45, 7) is 1.81. The van der Waals surface area contributed by atoms with Crippen molar-refractivity contribution < 1.29 is 27.9 Å². The van der Waals surface area contributed by atoms with Gasteiger partial charge in [-0.15, -0.1) is 11.3 Å². The van der Waals surface area contributed by atoms with Gasteiger partial charge in [0, 0.05) is 13.1 Å². The first-order chi connectivity index (χ1) is 19.6. The lowest BCUT2D eigenvalue weighted by atomic mass is 10.0. The van der Waals surface area contributed by atoms with Gasteiger partial charge in [-0.2, -0.15) is 4.31 Å². The maximum atomic E-state index is 13.7. The summed E-state index contributed by atoms with van der Waals surface area (Å²) in [7, 11) is -3.97. The molecule has 0 radical (unpaired) electrons. The molecule has 14 heteroatoms. The molecule has 0 aliphatic carbocycles. The van der Waals surface area contributed by atoms with E-state index in [4.69, 9.17) is 27.9 Å². The zero-order valence-electron chi connectivity index (χ0n) is 22.5. The van der Waals surface area contributed by atoms with Crippen LogP contribution in [-0.4, -0.2) is 78.0 Å². The number of hydrogen-bond donors (Lipinski definition) is 3. The molecule has 2 atom stereocenters. The van der Waals surface area contributed by atoms with Crippen molar-refractivity contribution in [2.24, 2.45) is 0 Å². The molecule has 41 heavy (non-hydrogen) atoms. The van der Waals surface area contributed by atoms with E-state index in [0.717, 1.165) is 23.1 Å². The normalized spacial score (nSPS) is 13.3. The van der Waals surface area contributed by atoms with Gasteiger partial charge in [0.2, 0.25) is 10.0 Å². The van der Waals surface area contributed by atoms with Crippen LogP contribution in [0.15, 0.2) is 58.9 Å². The van der Waals surface area contributed by atoms with Gasteiger partial charge in [-0.3, -0.25) is 4.79 Å². The lowest BCUT2D eigenvalue weighted by Gasteiger charge is -2.29. The van der Waals surface area contributed by atoms with E-state index in [1.54, 1.807) is 17.6 Å². The Hall–Kier alpha value is -2.48. The van der Waals surface area contributed by atoms with Crippen LogP contribution in [0.4, 0.5) is 4.79 Å². The molecule has 3 N–H and O–H groups in total. The third-order valence-corrected chi connectivity index (χ3v) is 9.29. The van der Waals surface area contributed by atoms with Gasteiger partial charge in [-0.25, -0.2) is 18.2 Å². The predicted molar refractivity (Wildman–Crippen MR) is 161 cm³/mol. The van der Waals surface area contributed by atoms with Gasteiger partial charge in [0.1, 0.15) is 6.61 Å². The molecule has 0 bridgehead atoms. The number of unbranched alkanes of at least 4 members (excludes halogenated alkanes) is 2. The van der Waals surface area contributed by atoms with Crippen molar-refractivity contribution in [3.05, 3.63) is 59.6 Å². The number of thiazole rings is 1. The summed E-state index contributed by atoms with van der Waals surface area (Å²) in [6.07, 6.45) is 0.455. The highest BCUT2D eigenvalue weighted by Gasteiger charge is 2.31. The highest BCUT2D eigenvalue weighted by atomic mass is 35.5. The van der Waals surface area contributed by atoms with Crippen LogP contribution < -0.4 is 10.6 Å². The number of halogens is 2. The molecule has 3 aromatic rings. The molecule has 10 nitrogen and oxygen atoms in total. The van der Waals surface area contributed by atoms with Gasteiger partial charge in [0.05, 0.1) is 39.3 Å². The number of aliphatic hydroxyl groups excluding tert-OH is 1. The maximum absolute atomic E-state index is 13.7. The number of benzene rings is 2. The van der Waals surface area contributed by atoms with Gasteiger partial charge in [0.15, 0.2) is 4.84 Å². The van der Waals surface area contributed by atoms with E-state index in [1.165, 1.54) is 21.7 Å². The van der Waals surface area contributed by atoms with Crippen LogP contribution in [0, 0.1) is 0 Å². The van der Waals surface area contributed by atoms with Crippen molar-refractivity contribution in [2.75, 3.05) is 26.2 Å². The number of aliphatic hydroxyl groups is 1. The van der Waals surface area contributed by atoms with Crippen LogP contribution in [0.2, 0.25) is 0 Å². The Kier molecular flexibility index (Phi) is 13.1. The molecular weight excluding hydrogens is 611 g/mol. The molecule has 0 saturated carbocycles. The largest absolute Gasteiger partial charge is 0.448 e. The zero-order valence-corrected chi connectivity index (χ0v) is 25.7. The molecule has 224 valence electrons. The smallest absolute Gasteiger partial charge is 0.407 e. The summed E-state index contributed by atoms with van der Waals surface area (Å²) in [6, 6.07) is 13.1. The third-order valence-electron chi connectivity index (χ3n) is 6.24. The number of aromatic nitrogens is 1. The molecule has 1 aromatic heterocycles. The number of nitrogens with zero attached hydrogens (tertiary/aromatic N) is 2. The van der Waals surface area contributed by atoms with E-state index >= 15 is 0 Å². The highest BCUT2D eigenvalue weighted by Crippen LogP contribution is 2.25. The summed E-state index contributed by atoms with van der Waals surface area (Å²) in [5.74, 6) is -0.617. The van der Waals surface area contributed by atoms with Gasteiger partial charge in [-0.1, -0.05) is 73.3 Å². The molecule has 2 aromatic carbocycles. The van der Waals surface area contributed by atoms with Crippen LogP contribution in [0.1, 0.15) is 31.7 Å². The van der Waals surface area contributed by atoms with Gasteiger partial charge in [-0.05, 0) is 36.6 Å². The average molecular weight is 646 g/mol. The Morgan fingerprint density at radius 3 is 2.61 bits per heavy atom. The Bertz CT molecular complexity index is 1370. The SMILES string of the molecule is CCCCCN(C[C@@H](O)[C@H](Cc1ccccc1)NC(=O)OCCNC(=O)C(Cl)Cl)S(=O)(=O)c1ccc2ncsc2c1. The maximum Gasteiger partial charge on any atom is 0.407 e. The standard InChI is InChI=1S/C27H34Cl2N4O6S2/c1-2-3-7-13-33(41(37,38)20-10-11-21-24(16-20)40-18-31-21)17-23(34)22(15-19-8-5-4-6-9-19)32-27(36)39-14-12-30-26(35)25(28)29/h4-6,8-11,16,18,22-23,25,34H,2-3,7,12-15,17H2,1H3,(H,30,35)(H,32,36)/t22-,23+/m0/s1. The number of alkyl halides is 2. The van der Waals surface area contributed by atoms with Gasteiger partial charge >= 0.3 is 6.09 Å². The molecule has 0 spiro atoms. The minimum Gasteiger partial charge on any atom is -0.448 e. The fourth-order valence-electron chi connectivity index (χ4n) is 4.07. The average Bonchev–Trinajstić information content (AvgIpc) is 3.43. The summed E-state index contributed by atoms with van der Waals surface area (Å²) < 4.78 is 34.6. The molecule has 2 amide bonds. The summed E-state index contributed by atoms with van der Waals surface area (Å²) in [5, 5.41) is 16.4. The number of amides is 2. The van der Waals surface area contributed by atoms with E-state index in [1.807, 2.05) is 37.3 Å². The molecule has 0 fully saturated rings. The summed E-state index contributed by atoms with van der Waals surface area (Å²) >= 11 is 12.3. The summed E-state index contributed by atoms with van der Waals surface area (Å²) in [5.41, 5.74) is 3.20. The van der Waals surface area contributed by atoms with Gasteiger partial charge in [0.25, 0.3) is 5.91 Å². The number of ether oxygens (including phenoxy) is 1. The molecular formula is C27H34Cl2N4O6S2. The lowest BCUT2D eigenvalue weighted by molar-refractivity contribution is -0.119. The Morgan fingerprint density at radius 1 is 1.15 bits per heavy atom. The highest BCUT2D eigenvalue weighted by molar-refractivity contribution is 7.89. The van der Waals surface area contributed by atoms with E-state index < -0.39 is 39.0 Å². The van der Waals surface area contributed by atoms with E-state index in [0.29, 0.717) is 11.9 Å². The minimum absolute atomic E-state index is 0.0122.